The number of esters is 1. The van der Waals surface area contributed by atoms with Gasteiger partial charge in [0.25, 0.3) is 0 Å². The minimum Gasteiger partial charge on any atom is -0.458 e. The molecule has 3 heteroatoms. The largest absolute Gasteiger partial charge is 0.458 e. The Kier molecular flexibility index (Phi) is 17.5. The Morgan fingerprint density at radius 2 is 1.15 bits per heavy atom. The Morgan fingerprint density at radius 3 is 1.56 bits per heavy atom. The van der Waals surface area contributed by atoms with Crippen LogP contribution < -0.4 is 0 Å². The number of hydrogen-bond acceptors (Lipinski definition) is 2. The van der Waals surface area contributed by atoms with Crippen molar-refractivity contribution in [1.82, 2.24) is 0 Å². The topological polar surface area (TPSA) is 26.3 Å². The summed E-state index contributed by atoms with van der Waals surface area (Å²) in [6.45, 7) is 13.0. The molecule has 0 spiro atoms. The normalized spacial score (nSPS) is 11.6. The molecule has 0 amide bonds. The van der Waals surface area contributed by atoms with Crippen LogP contribution in [0, 0.1) is 0 Å². The number of carbonyl (C=O) groups excluding carboxylic acids is 1. The number of unbranched alkanes of at least 4 members (excludes halogenated alkanes) is 13. The second-order valence-corrected chi connectivity index (χ2v) is 13.7. The van der Waals surface area contributed by atoms with Gasteiger partial charge in [-0.25, -0.2) is 4.79 Å². The number of carbonyl (C=O) groups is 1. The molecule has 0 aromatic rings. The predicted molar refractivity (Wildman–Crippen MR) is 125 cm³/mol. The van der Waals surface area contributed by atoms with Gasteiger partial charge in [-0.3, -0.25) is 0 Å². The molecular formula is C24H48O2P+. The molecule has 0 N–H and O–H groups in total. The highest BCUT2D eigenvalue weighted by Crippen LogP contribution is 2.51. The van der Waals surface area contributed by atoms with Crippen molar-refractivity contribution >= 4 is 13.2 Å². The molecule has 0 aliphatic carbocycles. The molecule has 0 fully saturated rings. The molecule has 0 atom stereocenters. The van der Waals surface area contributed by atoms with Gasteiger partial charge in [-0.15, -0.1) is 0 Å². The van der Waals surface area contributed by atoms with E-state index in [2.05, 4.69) is 26.8 Å². The lowest BCUT2D eigenvalue weighted by molar-refractivity contribution is -0.138. The van der Waals surface area contributed by atoms with Crippen molar-refractivity contribution in [2.45, 2.75) is 104 Å². The van der Waals surface area contributed by atoms with Gasteiger partial charge >= 0.3 is 5.97 Å². The number of hydrogen-bond donors (Lipinski definition) is 0. The quantitative estimate of drug-likeness (QED) is 0.0956. The molecule has 0 unspecified atom stereocenters. The first-order chi connectivity index (χ1) is 12.9. The van der Waals surface area contributed by atoms with Gasteiger partial charge in [-0.2, -0.15) is 0 Å². The number of rotatable bonds is 19. The van der Waals surface area contributed by atoms with Gasteiger partial charge in [0.15, 0.2) is 0 Å². The smallest absolute Gasteiger partial charge is 0.333 e. The van der Waals surface area contributed by atoms with Crippen LogP contribution in [0.3, 0.4) is 0 Å². The van der Waals surface area contributed by atoms with Crippen LogP contribution in [-0.2, 0) is 9.53 Å². The highest BCUT2D eigenvalue weighted by atomic mass is 31.2. The first-order valence-electron chi connectivity index (χ1n) is 11.5. The van der Waals surface area contributed by atoms with Crippen LogP contribution in [0.25, 0.3) is 0 Å². The molecule has 0 aromatic heterocycles. The Balaban J connectivity index is 3.37. The average molecular weight is 400 g/mol. The molecule has 0 bridgehead atoms. The van der Waals surface area contributed by atoms with E-state index in [0.717, 1.165) is 6.16 Å². The fourth-order valence-corrected chi connectivity index (χ4v) is 5.24. The summed E-state index contributed by atoms with van der Waals surface area (Å²) in [5.41, 5.74) is 0.498. The van der Waals surface area contributed by atoms with Gasteiger partial charge in [0.05, 0.1) is 12.3 Å². The molecular weight excluding hydrogens is 351 g/mol. The maximum atomic E-state index is 11.4. The van der Waals surface area contributed by atoms with Crippen molar-refractivity contribution in [3.05, 3.63) is 12.2 Å². The fraction of sp³-hybridized carbons (Fsp3) is 0.875. The third kappa shape index (κ3) is 18.8. The van der Waals surface area contributed by atoms with Crippen LogP contribution in [0.5, 0.6) is 0 Å². The number of ether oxygens (including phenoxy) is 1. The molecule has 0 radical (unpaired) electrons. The van der Waals surface area contributed by atoms with Crippen LogP contribution in [-0.4, -0.2) is 38.2 Å². The van der Waals surface area contributed by atoms with Gasteiger partial charge in [-0.05, 0) is 19.8 Å². The summed E-state index contributed by atoms with van der Waals surface area (Å²) < 4.78 is 5.25. The lowest BCUT2D eigenvalue weighted by Gasteiger charge is -2.18. The summed E-state index contributed by atoms with van der Waals surface area (Å²) >= 11 is 0. The zero-order valence-corrected chi connectivity index (χ0v) is 19.9. The van der Waals surface area contributed by atoms with E-state index in [0.29, 0.717) is 12.2 Å². The van der Waals surface area contributed by atoms with Crippen LogP contribution in [0.1, 0.15) is 104 Å². The van der Waals surface area contributed by atoms with E-state index in [1.54, 1.807) is 6.92 Å². The molecule has 27 heavy (non-hydrogen) atoms. The van der Waals surface area contributed by atoms with Gasteiger partial charge in [0.1, 0.15) is 6.61 Å². The van der Waals surface area contributed by atoms with E-state index < -0.39 is 7.26 Å². The van der Waals surface area contributed by atoms with E-state index in [1.165, 1.54) is 96.1 Å². The second kappa shape index (κ2) is 17.7. The first kappa shape index (κ1) is 26.6. The summed E-state index contributed by atoms with van der Waals surface area (Å²) in [7, 11) is -0.920. The molecule has 0 aromatic carbocycles. The van der Waals surface area contributed by atoms with Crippen molar-refractivity contribution in [1.29, 1.82) is 0 Å². The van der Waals surface area contributed by atoms with Gasteiger partial charge in [0, 0.05) is 26.2 Å². The van der Waals surface area contributed by atoms with Gasteiger partial charge in [0.2, 0.25) is 0 Å². The molecule has 0 saturated carbocycles. The second-order valence-electron chi connectivity index (χ2n) is 8.90. The SMILES string of the molecule is C=C(C)C(=O)OCC[P+](C)(C)CCCCCCCCCCCCCCCC. The van der Waals surface area contributed by atoms with E-state index in [1.807, 2.05) is 0 Å². The standard InChI is InChI=1S/C24H48O2P/c1-6-7-8-9-10-11-12-13-14-15-16-17-18-19-21-27(4,5)22-20-26-24(25)23(2)3/h2,6-22H2,1,3-5H3/q+1. The van der Waals surface area contributed by atoms with Crippen molar-refractivity contribution in [2.24, 2.45) is 0 Å². The van der Waals surface area contributed by atoms with E-state index in [9.17, 15) is 4.79 Å². The Bertz CT molecular complexity index is 377. The average Bonchev–Trinajstić information content (AvgIpc) is 2.61. The Hall–Kier alpha value is -0.360. The third-order valence-corrected chi connectivity index (χ3v) is 8.32. The van der Waals surface area contributed by atoms with Crippen LogP contribution in [0.4, 0.5) is 0 Å². The molecule has 0 heterocycles. The minimum atomic E-state index is -0.920. The lowest BCUT2D eigenvalue weighted by atomic mass is 10.0. The first-order valence-corrected chi connectivity index (χ1v) is 14.6. The molecule has 160 valence electrons. The maximum Gasteiger partial charge on any atom is 0.333 e. The van der Waals surface area contributed by atoms with Crippen LogP contribution >= 0.6 is 7.26 Å². The van der Waals surface area contributed by atoms with Crippen molar-refractivity contribution in [3.63, 3.8) is 0 Å². The molecule has 0 aliphatic rings. The molecule has 0 rings (SSSR count). The predicted octanol–water partition coefficient (Wildman–Crippen LogP) is 7.86. The maximum absolute atomic E-state index is 11.4. The van der Waals surface area contributed by atoms with Crippen molar-refractivity contribution < 1.29 is 9.53 Å². The van der Waals surface area contributed by atoms with Gasteiger partial charge < -0.3 is 4.74 Å². The summed E-state index contributed by atoms with van der Waals surface area (Å²) in [5, 5.41) is 0. The van der Waals surface area contributed by atoms with E-state index in [4.69, 9.17) is 4.74 Å². The molecule has 0 saturated heterocycles. The van der Waals surface area contributed by atoms with Crippen molar-refractivity contribution in [2.75, 3.05) is 32.3 Å². The zero-order valence-electron chi connectivity index (χ0n) is 19.0. The summed E-state index contributed by atoms with van der Waals surface area (Å²) in [6, 6.07) is 0. The lowest BCUT2D eigenvalue weighted by Crippen LogP contribution is -2.12. The van der Waals surface area contributed by atoms with Crippen LogP contribution in [0.2, 0.25) is 0 Å². The summed E-state index contributed by atoms with van der Waals surface area (Å²) in [4.78, 5) is 11.4. The van der Waals surface area contributed by atoms with Crippen LogP contribution in [0.15, 0.2) is 12.2 Å². The zero-order chi connectivity index (χ0) is 20.4. The van der Waals surface area contributed by atoms with Gasteiger partial charge in [-0.1, -0.05) is 90.6 Å². The fourth-order valence-electron chi connectivity index (χ4n) is 3.35. The summed E-state index contributed by atoms with van der Waals surface area (Å²) in [6.07, 6.45) is 22.2. The summed E-state index contributed by atoms with van der Waals surface area (Å²) in [5.74, 6) is -0.244. The molecule has 2 nitrogen and oxygen atoms in total. The highest BCUT2D eigenvalue weighted by molar-refractivity contribution is 7.74. The van der Waals surface area contributed by atoms with E-state index in [-0.39, 0.29) is 5.97 Å². The monoisotopic (exact) mass is 399 g/mol. The van der Waals surface area contributed by atoms with E-state index >= 15 is 0 Å². The molecule has 0 aliphatic heterocycles. The Morgan fingerprint density at radius 1 is 0.741 bits per heavy atom. The highest BCUT2D eigenvalue weighted by Gasteiger charge is 2.24. The van der Waals surface area contributed by atoms with Crippen molar-refractivity contribution in [3.8, 4) is 0 Å². The third-order valence-electron chi connectivity index (χ3n) is 5.40. The minimum absolute atomic E-state index is 0.244. The Labute approximate surface area is 171 Å².